The highest BCUT2D eigenvalue weighted by Gasteiger charge is 2.41. The van der Waals surface area contributed by atoms with Gasteiger partial charge in [-0.2, -0.15) is 0 Å². The fraction of sp³-hybridized carbons (Fsp3) is 0.650. The van der Waals surface area contributed by atoms with Crippen molar-refractivity contribution in [2.45, 2.75) is 50.5 Å². The standard InChI is InChI=1S/C20H29FN2O2/c1-16-4-2-3-12-23(16)13-11-22-19(24)20(9-14-25-15-10-20)17-5-7-18(21)8-6-17/h5-8,16H,2-4,9-15H2,1H3,(H,22,24)/t16-/m1/s1. The number of benzene rings is 1. The van der Waals surface area contributed by atoms with Crippen molar-refractivity contribution >= 4 is 5.91 Å². The van der Waals surface area contributed by atoms with Crippen LogP contribution < -0.4 is 5.32 Å². The first kappa shape index (κ1) is 18.3. The third-order valence-electron chi connectivity index (χ3n) is 5.80. The maximum Gasteiger partial charge on any atom is 0.230 e. The fourth-order valence-electron chi connectivity index (χ4n) is 4.11. The number of carbonyl (C=O) groups excluding carboxylic acids is 1. The summed E-state index contributed by atoms with van der Waals surface area (Å²) in [6.45, 7) is 6.06. The average molecular weight is 348 g/mol. The maximum absolute atomic E-state index is 13.3. The highest BCUT2D eigenvalue weighted by atomic mass is 19.1. The number of ether oxygens (including phenoxy) is 1. The number of hydrogen-bond acceptors (Lipinski definition) is 3. The molecule has 2 fully saturated rings. The Bertz CT molecular complexity index is 570. The molecule has 2 aliphatic heterocycles. The van der Waals surface area contributed by atoms with Gasteiger partial charge in [-0.3, -0.25) is 9.69 Å². The normalized spacial score (nSPS) is 24.0. The van der Waals surface area contributed by atoms with Crippen LogP contribution in [0.2, 0.25) is 0 Å². The van der Waals surface area contributed by atoms with Crippen LogP contribution in [0.5, 0.6) is 0 Å². The van der Waals surface area contributed by atoms with E-state index in [0.717, 1.165) is 18.7 Å². The first-order valence-corrected chi connectivity index (χ1v) is 9.48. The van der Waals surface area contributed by atoms with Crippen LogP contribution in [0.1, 0.15) is 44.6 Å². The first-order chi connectivity index (χ1) is 12.1. The van der Waals surface area contributed by atoms with Crippen molar-refractivity contribution in [1.29, 1.82) is 0 Å². The minimum atomic E-state index is -0.598. The number of likely N-dealkylation sites (tertiary alicyclic amines) is 1. The Morgan fingerprint density at radius 1 is 1.28 bits per heavy atom. The molecule has 1 amide bonds. The van der Waals surface area contributed by atoms with Crippen molar-refractivity contribution < 1.29 is 13.9 Å². The van der Waals surface area contributed by atoms with Gasteiger partial charge in [-0.25, -0.2) is 4.39 Å². The third-order valence-corrected chi connectivity index (χ3v) is 5.80. The molecule has 2 heterocycles. The quantitative estimate of drug-likeness (QED) is 0.890. The van der Waals surface area contributed by atoms with Gasteiger partial charge in [0.1, 0.15) is 5.82 Å². The number of piperidine rings is 1. The lowest BCUT2D eigenvalue weighted by Crippen LogP contribution is -2.50. The SMILES string of the molecule is C[C@@H]1CCCCN1CCNC(=O)C1(c2ccc(F)cc2)CCOCC1. The summed E-state index contributed by atoms with van der Waals surface area (Å²) in [5.41, 5.74) is 0.292. The van der Waals surface area contributed by atoms with Crippen LogP contribution in [-0.4, -0.2) is 49.7 Å². The van der Waals surface area contributed by atoms with Gasteiger partial charge in [-0.1, -0.05) is 18.6 Å². The van der Waals surface area contributed by atoms with Gasteiger partial charge in [-0.05, 0) is 56.8 Å². The second-order valence-electron chi connectivity index (χ2n) is 7.34. The molecule has 25 heavy (non-hydrogen) atoms. The molecular weight excluding hydrogens is 319 g/mol. The maximum atomic E-state index is 13.3. The van der Waals surface area contributed by atoms with E-state index in [1.165, 1.54) is 31.4 Å². The van der Waals surface area contributed by atoms with Crippen molar-refractivity contribution in [3.05, 3.63) is 35.6 Å². The summed E-state index contributed by atoms with van der Waals surface area (Å²) in [7, 11) is 0. The molecule has 5 heteroatoms. The molecule has 1 N–H and O–H groups in total. The van der Waals surface area contributed by atoms with Gasteiger partial charge >= 0.3 is 0 Å². The molecular formula is C20H29FN2O2. The monoisotopic (exact) mass is 348 g/mol. The van der Waals surface area contributed by atoms with E-state index in [4.69, 9.17) is 4.74 Å². The van der Waals surface area contributed by atoms with Crippen LogP contribution in [0.25, 0.3) is 0 Å². The largest absolute Gasteiger partial charge is 0.381 e. The Kier molecular flexibility index (Phi) is 6.07. The zero-order valence-corrected chi connectivity index (χ0v) is 15.1. The van der Waals surface area contributed by atoms with Crippen molar-refractivity contribution in [3.8, 4) is 0 Å². The summed E-state index contributed by atoms with van der Waals surface area (Å²) >= 11 is 0. The molecule has 0 radical (unpaired) electrons. The summed E-state index contributed by atoms with van der Waals surface area (Å²) in [6.07, 6.45) is 5.08. The van der Waals surface area contributed by atoms with E-state index in [1.54, 1.807) is 12.1 Å². The molecule has 1 aromatic rings. The Morgan fingerprint density at radius 2 is 2.00 bits per heavy atom. The van der Waals surface area contributed by atoms with Crippen LogP contribution in [0.15, 0.2) is 24.3 Å². The lowest BCUT2D eigenvalue weighted by Gasteiger charge is -2.37. The van der Waals surface area contributed by atoms with Gasteiger partial charge in [0.05, 0.1) is 5.41 Å². The number of nitrogens with zero attached hydrogens (tertiary/aromatic N) is 1. The predicted molar refractivity (Wildman–Crippen MR) is 96.0 cm³/mol. The first-order valence-electron chi connectivity index (χ1n) is 9.48. The highest BCUT2D eigenvalue weighted by molar-refractivity contribution is 5.88. The smallest absolute Gasteiger partial charge is 0.230 e. The van der Waals surface area contributed by atoms with Crippen molar-refractivity contribution in [2.24, 2.45) is 0 Å². The Morgan fingerprint density at radius 3 is 2.68 bits per heavy atom. The molecule has 1 aromatic carbocycles. The summed E-state index contributed by atoms with van der Waals surface area (Å²) < 4.78 is 18.8. The average Bonchev–Trinajstić information content (AvgIpc) is 2.64. The zero-order chi connectivity index (χ0) is 17.7. The molecule has 0 bridgehead atoms. The number of rotatable bonds is 5. The molecule has 0 aliphatic carbocycles. The van der Waals surface area contributed by atoms with E-state index < -0.39 is 5.41 Å². The number of carbonyl (C=O) groups is 1. The van der Waals surface area contributed by atoms with Gasteiger partial charge in [0.2, 0.25) is 5.91 Å². The van der Waals surface area contributed by atoms with Crippen LogP contribution in [0, 0.1) is 5.82 Å². The number of hydrogen-bond donors (Lipinski definition) is 1. The van der Waals surface area contributed by atoms with Crippen LogP contribution in [0.3, 0.4) is 0 Å². The molecule has 2 aliphatic rings. The molecule has 2 saturated heterocycles. The second-order valence-corrected chi connectivity index (χ2v) is 7.34. The van der Waals surface area contributed by atoms with Crippen molar-refractivity contribution in [2.75, 3.05) is 32.8 Å². The van der Waals surface area contributed by atoms with E-state index >= 15 is 0 Å². The predicted octanol–water partition coefficient (Wildman–Crippen LogP) is 2.86. The Hall–Kier alpha value is -1.46. The van der Waals surface area contributed by atoms with Gasteiger partial charge in [0.25, 0.3) is 0 Å². The summed E-state index contributed by atoms with van der Waals surface area (Å²) in [4.78, 5) is 15.5. The molecule has 0 aromatic heterocycles. The van der Waals surface area contributed by atoms with Crippen molar-refractivity contribution in [1.82, 2.24) is 10.2 Å². The lowest BCUT2D eigenvalue weighted by atomic mass is 9.73. The van der Waals surface area contributed by atoms with Gasteiger partial charge in [-0.15, -0.1) is 0 Å². The van der Waals surface area contributed by atoms with E-state index in [9.17, 15) is 9.18 Å². The van der Waals surface area contributed by atoms with Gasteiger partial charge in [0.15, 0.2) is 0 Å². The molecule has 0 spiro atoms. The Balaban J connectivity index is 1.64. The minimum absolute atomic E-state index is 0.0482. The van der Waals surface area contributed by atoms with Gasteiger partial charge < -0.3 is 10.1 Å². The molecule has 138 valence electrons. The summed E-state index contributed by atoms with van der Waals surface area (Å²) in [5, 5.41) is 3.14. The van der Waals surface area contributed by atoms with E-state index in [0.29, 0.717) is 38.6 Å². The summed E-state index contributed by atoms with van der Waals surface area (Å²) in [6, 6.07) is 6.96. The molecule has 0 saturated carbocycles. The zero-order valence-electron chi connectivity index (χ0n) is 15.1. The second kappa shape index (κ2) is 8.28. The lowest BCUT2D eigenvalue weighted by molar-refractivity contribution is -0.130. The topological polar surface area (TPSA) is 41.6 Å². The number of nitrogens with one attached hydrogen (secondary N) is 1. The van der Waals surface area contributed by atoms with E-state index in [2.05, 4.69) is 17.1 Å². The molecule has 3 rings (SSSR count). The molecule has 1 atom stereocenters. The molecule has 4 nitrogen and oxygen atoms in total. The highest BCUT2D eigenvalue weighted by Crippen LogP contribution is 2.35. The van der Waals surface area contributed by atoms with E-state index in [1.807, 2.05) is 0 Å². The fourth-order valence-corrected chi connectivity index (χ4v) is 4.11. The van der Waals surface area contributed by atoms with Crippen LogP contribution >= 0.6 is 0 Å². The van der Waals surface area contributed by atoms with Gasteiger partial charge in [0, 0.05) is 32.3 Å². The number of halogens is 1. The van der Waals surface area contributed by atoms with Crippen LogP contribution in [-0.2, 0) is 14.9 Å². The van der Waals surface area contributed by atoms with Crippen LogP contribution in [0.4, 0.5) is 4.39 Å². The van der Waals surface area contributed by atoms with E-state index in [-0.39, 0.29) is 11.7 Å². The Labute approximate surface area is 149 Å². The summed E-state index contributed by atoms with van der Waals surface area (Å²) in [5.74, 6) is -0.225. The third kappa shape index (κ3) is 4.21. The minimum Gasteiger partial charge on any atom is -0.381 e. The molecule has 0 unspecified atom stereocenters. The van der Waals surface area contributed by atoms with Crippen molar-refractivity contribution in [3.63, 3.8) is 0 Å². The number of amides is 1.